The van der Waals surface area contributed by atoms with Crippen molar-refractivity contribution in [1.29, 1.82) is 0 Å². The highest BCUT2D eigenvalue weighted by Gasteiger charge is 2.45. The Morgan fingerprint density at radius 2 is 1.94 bits per heavy atom. The van der Waals surface area contributed by atoms with Crippen LogP contribution in [-0.2, 0) is 4.74 Å². The SMILES string of the molecule is NCC1(N2CCCC2C2CCCC2)CCCOC1. The summed E-state index contributed by atoms with van der Waals surface area (Å²) in [5.41, 5.74) is 6.33. The van der Waals surface area contributed by atoms with Crippen molar-refractivity contribution in [3.8, 4) is 0 Å². The molecule has 2 aliphatic heterocycles. The fraction of sp³-hybridized carbons (Fsp3) is 1.00. The van der Waals surface area contributed by atoms with Crippen LogP contribution in [0.5, 0.6) is 0 Å². The van der Waals surface area contributed by atoms with Crippen molar-refractivity contribution in [2.24, 2.45) is 11.7 Å². The molecule has 3 rings (SSSR count). The molecule has 0 bridgehead atoms. The quantitative estimate of drug-likeness (QED) is 0.836. The number of ether oxygens (including phenoxy) is 1. The average Bonchev–Trinajstić information content (AvgIpc) is 3.10. The predicted octanol–water partition coefficient (Wildman–Crippen LogP) is 2.15. The van der Waals surface area contributed by atoms with Gasteiger partial charge in [-0.05, 0) is 51.0 Å². The van der Waals surface area contributed by atoms with Crippen LogP contribution in [0.4, 0.5) is 0 Å². The third-order valence-electron chi connectivity index (χ3n) is 5.53. The van der Waals surface area contributed by atoms with Crippen LogP contribution in [0.2, 0.25) is 0 Å². The van der Waals surface area contributed by atoms with E-state index in [9.17, 15) is 0 Å². The van der Waals surface area contributed by atoms with Crippen molar-refractivity contribution in [2.45, 2.75) is 62.9 Å². The third kappa shape index (κ3) is 2.21. The van der Waals surface area contributed by atoms with E-state index in [0.29, 0.717) is 0 Å². The van der Waals surface area contributed by atoms with E-state index in [1.807, 2.05) is 0 Å². The molecule has 3 heteroatoms. The lowest BCUT2D eigenvalue weighted by Gasteiger charge is -2.47. The number of nitrogens with zero attached hydrogens (tertiary/aromatic N) is 1. The summed E-state index contributed by atoms with van der Waals surface area (Å²) in [6.45, 7) is 3.83. The molecule has 18 heavy (non-hydrogen) atoms. The Morgan fingerprint density at radius 3 is 2.61 bits per heavy atom. The maximum atomic E-state index is 6.16. The molecule has 0 amide bonds. The number of rotatable bonds is 3. The maximum absolute atomic E-state index is 6.16. The van der Waals surface area contributed by atoms with Gasteiger partial charge in [-0.15, -0.1) is 0 Å². The summed E-state index contributed by atoms with van der Waals surface area (Å²) >= 11 is 0. The van der Waals surface area contributed by atoms with Gasteiger partial charge in [-0.2, -0.15) is 0 Å². The molecule has 0 aromatic rings. The molecule has 2 unspecified atom stereocenters. The molecule has 0 aromatic carbocycles. The van der Waals surface area contributed by atoms with Gasteiger partial charge in [0.15, 0.2) is 0 Å². The molecule has 3 aliphatic rings. The molecule has 1 aliphatic carbocycles. The summed E-state index contributed by atoms with van der Waals surface area (Å²) in [5.74, 6) is 0.942. The van der Waals surface area contributed by atoms with Crippen LogP contribution in [0.1, 0.15) is 51.4 Å². The van der Waals surface area contributed by atoms with Crippen molar-refractivity contribution in [3.63, 3.8) is 0 Å². The molecular weight excluding hydrogens is 224 g/mol. The summed E-state index contributed by atoms with van der Waals surface area (Å²) in [7, 11) is 0. The first-order valence-electron chi connectivity index (χ1n) is 7.90. The van der Waals surface area contributed by atoms with E-state index in [1.54, 1.807) is 0 Å². The van der Waals surface area contributed by atoms with Gasteiger partial charge in [0.2, 0.25) is 0 Å². The molecule has 104 valence electrons. The van der Waals surface area contributed by atoms with Gasteiger partial charge >= 0.3 is 0 Å². The molecule has 1 saturated carbocycles. The fourth-order valence-corrected chi connectivity index (χ4v) is 4.56. The zero-order valence-electron chi connectivity index (χ0n) is 11.6. The molecule has 3 fully saturated rings. The molecule has 0 radical (unpaired) electrons. The molecule has 2 heterocycles. The molecule has 0 spiro atoms. The second-order valence-electron chi connectivity index (χ2n) is 6.53. The normalized spacial score (nSPS) is 39.5. The summed E-state index contributed by atoms with van der Waals surface area (Å²) in [4.78, 5) is 2.77. The molecule has 3 nitrogen and oxygen atoms in total. The van der Waals surface area contributed by atoms with Crippen LogP contribution in [0, 0.1) is 5.92 Å². The third-order valence-corrected chi connectivity index (χ3v) is 5.53. The molecule has 2 N–H and O–H groups in total. The lowest BCUT2D eigenvalue weighted by Crippen LogP contribution is -2.61. The Kier molecular flexibility index (Phi) is 3.92. The second kappa shape index (κ2) is 5.48. The van der Waals surface area contributed by atoms with E-state index >= 15 is 0 Å². The zero-order valence-corrected chi connectivity index (χ0v) is 11.6. The van der Waals surface area contributed by atoms with Crippen LogP contribution < -0.4 is 5.73 Å². The number of hydrogen-bond donors (Lipinski definition) is 1. The van der Waals surface area contributed by atoms with E-state index in [0.717, 1.165) is 31.7 Å². The predicted molar refractivity (Wildman–Crippen MR) is 73.5 cm³/mol. The van der Waals surface area contributed by atoms with E-state index in [4.69, 9.17) is 10.5 Å². The van der Waals surface area contributed by atoms with Gasteiger partial charge in [0.25, 0.3) is 0 Å². The van der Waals surface area contributed by atoms with Gasteiger partial charge in [0, 0.05) is 19.2 Å². The van der Waals surface area contributed by atoms with Crippen LogP contribution in [-0.4, -0.2) is 42.8 Å². The summed E-state index contributed by atoms with van der Waals surface area (Å²) in [5, 5.41) is 0. The Bertz CT molecular complexity index is 270. The molecule has 2 saturated heterocycles. The zero-order chi connectivity index (χ0) is 12.4. The van der Waals surface area contributed by atoms with Gasteiger partial charge in [-0.1, -0.05) is 12.8 Å². The van der Waals surface area contributed by atoms with E-state index < -0.39 is 0 Å². The van der Waals surface area contributed by atoms with Gasteiger partial charge in [-0.3, -0.25) is 4.90 Å². The molecule has 0 aromatic heterocycles. The minimum Gasteiger partial charge on any atom is -0.379 e. The first-order valence-corrected chi connectivity index (χ1v) is 7.90. The minimum absolute atomic E-state index is 0.169. The van der Waals surface area contributed by atoms with Crippen molar-refractivity contribution in [2.75, 3.05) is 26.3 Å². The van der Waals surface area contributed by atoms with Crippen LogP contribution in [0.15, 0.2) is 0 Å². The van der Waals surface area contributed by atoms with Crippen LogP contribution in [0.3, 0.4) is 0 Å². The van der Waals surface area contributed by atoms with E-state index in [-0.39, 0.29) is 5.54 Å². The van der Waals surface area contributed by atoms with Gasteiger partial charge in [0.1, 0.15) is 0 Å². The van der Waals surface area contributed by atoms with Crippen molar-refractivity contribution >= 4 is 0 Å². The largest absolute Gasteiger partial charge is 0.379 e. The minimum atomic E-state index is 0.169. The number of nitrogens with two attached hydrogens (primary N) is 1. The molecule has 2 atom stereocenters. The number of likely N-dealkylation sites (tertiary alicyclic amines) is 1. The first-order chi connectivity index (χ1) is 8.86. The van der Waals surface area contributed by atoms with E-state index in [2.05, 4.69) is 4.90 Å². The standard InChI is InChI=1S/C15H28N2O/c16-11-15(8-4-10-18-12-15)17-9-3-7-14(17)13-5-1-2-6-13/h13-14H,1-12,16H2. The number of hydrogen-bond acceptors (Lipinski definition) is 3. The van der Waals surface area contributed by atoms with Crippen molar-refractivity contribution in [3.05, 3.63) is 0 Å². The summed E-state index contributed by atoms with van der Waals surface area (Å²) in [6.07, 6.45) is 11.0. The first kappa shape index (κ1) is 12.9. The fourth-order valence-electron chi connectivity index (χ4n) is 4.56. The highest BCUT2D eigenvalue weighted by Crippen LogP contribution is 2.40. The van der Waals surface area contributed by atoms with Gasteiger partial charge < -0.3 is 10.5 Å². The van der Waals surface area contributed by atoms with Crippen molar-refractivity contribution < 1.29 is 4.74 Å². The Balaban J connectivity index is 1.75. The summed E-state index contributed by atoms with van der Waals surface area (Å²) < 4.78 is 5.78. The lowest BCUT2D eigenvalue weighted by molar-refractivity contribution is -0.0586. The Hall–Kier alpha value is -0.120. The second-order valence-corrected chi connectivity index (χ2v) is 6.53. The Labute approximate surface area is 111 Å². The summed E-state index contributed by atoms with van der Waals surface area (Å²) in [6, 6.07) is 0.803. The van der Waals surface area contributed by atoms with Crippen LogP contribution in [0.25, 0.3) is 0 Å². The van der Waals surface area contributed by atoms with E-state index in [1.165, 1.54) is 57.9 Å². The van der Waals surface area contributed by atoms with Crippen molar-refractivity contribution in [1.82, 2.24) is 4.90 Å². The molecular formula is C15H28N2O. The Morgan fingerprint density at radius 1 is 1.11 bits per heavy atom. The maximum Gasteiger partial charge on any atom is 0.0662 e. The van der Waals surface area contributed by atoms with Gasteiger partial charge in [0.05, 0.1) is 12.1 Å². The van der Waals surface area contributed by atoms with Crippen LogP contribution >= 0.6 is 0 Å². The lowest BCUT2D eigenvalue weighted by atomic mass is 9.86. The topological polar surface area (TPSA) is 38.5 Å². The van der Waals surface area contributed by atoms with Gasteiger partial charge in [-0.25, -0.2) is 0 Å². The average molecular weight is 252 g/mol. The monoisotopic (exact) mass is 252 g/mol. The smallest absolute Gasteiger partial charge is 0.0662 e. The highest BCUT2D eigenvalue weighted by atomic mass is 16.5. The highest BCUT2D eigenvalue weighted by molar-refractivity contribution is 5.01.